The van der Waals surface area contributed by atoms with Gasteiger partial charge in [0.15, 0.2) is 5.65 Å². The molecule has 13 nitrogen and oxygen atoms in total. The molecule has 4 aromatic heterocycles. The van der Waals surface area contributed by atoms with E-state index in [2.05, 4.69) is 41.8 Å². The van der Waals surface area contributed by atoms with Gasteiger partial charge >= 0.3 is 0 Å². The van der Waals surface area contributed by atoms with E-state index in [1.807, 2.05) is 10.9 Å². The molecule has 0 saturated carbocycles. The summed E-state index contributed by atoms with van der Waals surface area (Å²) < 4.78 is 64.5. The van der Waals surface area contributed by atoms with Crippen LogP contribution >= 0.6 is 0 Å². The number of benzene rings is 1. The summed E-state index contributed by atoms with van der Waals surface area (Å²) in [5.74, 6) is -2.17. The predicted molar refractivity (Wildman–Crippen MR) is 158 cm³/mol. The van der Waals surface area contributed by atoms with Gasteiger partial charge in [-0.15, -0.1) is 5.10 Å². The van der Waals surface area contributed by atoms with Crippen LogP contribution in [0.25, 0.3) is 28.3 Å². The van der Waals surface area contributed by atoms with E-state index in [4.69, 9.17) is 9.84 Å². The summed E-state index contributed by atoms with van der Waals surface area (Å²) in [5, 5.41) is 13.3. The number of pyridine rings is 1. The Hall–Kier alpha value is -4.54. The van der Waals surface area contributed by atoms with E-state index in [-0.39, 0.29) is 11.6 Å². The van der Waals surface area contributed by atoms with Gasteiger partial charge in [0.25, 0.3) is 10.0 Å². The summed E-state index contributed by atoms with van der Waals surface area (Å²) in [6.07, 6.45) is 5.94. The van der Waals surface area contributed by atoms with Gasteiger partial charge in [-0.1, -0.05) is 5.21 Å². The minimum Gasteiger partial charge on any atom is -0.480 e. The summed E-state index contributed by atoms with van der Waals surface area (Å²) in [4.78, 5) is 12.7. The van der Waals surface area contributed by atoms with E-state index >= 15 is 0 Å². The predicted octanol–water partition coefficient (Wildman–Crippen LogP) is 2.77. The number of ether oxygens (including phenoxy) is 1. The Balaban J connectivity index is 1.23. The maximum atomic E-state index is 14.3. The zero-order valence-corrected chi connectivity index (χ0v) is 24.9. The summed E-state index contributed by atoms with van der Waals surface area (Å²) in [5.41, 5.74) is 2.63. The van der Waals surface area contributed by atoms with E-state index in [1.165, 1.54) is 19.4 Å². The van der Waals surface area contributed by atoms with Gasteiger partial charge in [-0.25, -0.2) is 31.7 Å². The second kappa shape index (κ2) is 12.2. The number of sulfonamides is 1. The Kier molecular flexibility index (Phi) is 8.20. The lowest BCUT2D eigenvalue weighted by atomic mass is 10.2. The molecule has 6 rings (SSSR count). The number of aromatic nitrogens is 7. The van der Waals surface area contributed by atoms with Crippen LogP contribution in [0.5, 0.6) is 5.88 Å². The molecule has 1 aromatic carbocycles. The van der Waals surface area contributed by atoms with E-state index in [9.17, 15) is 17.2 Å². The first-order valence-corrected chi connectivity index (χ1v) is 15.4. The lowest BCUT2D eigenvalue weighted by Crippen LogP contribution is -2.44. The monoisotopic (exact) mass is 624 g/mol. The molecule has 0 amide bonds. The van der Waals surface area contributed by atoms with E-state index in [0.29, 0.717) is 34.4 Å². The number of hydrogen-bond acceptors (Lipinski definition) is 10. The van der Waals surface area contributed by atoms with Crippen LogP contribution in [0.1, 0.15) is 6.42 Å². The molecule has 5 aromatic rings. The topological polar surface area (TPSA) is 136 Å². The fourth-order valence-corrected chi connectivity index (χ4v) is 6.08. The van der Waals surface area contributed by atoms with Gasteiger partial charge in [-0.2, -0.15) is 5.10 Å². The van der Waals surface area contributed by atoms with Gasteiger partial charge < -0.3 is 14.5 Å². The molecule has 44 heavy (non-hydrogen) atoms. The van der Waals surface area contributed by atoms with Crippen LogP contribution < -0.4 is 9.46 Å². The minimum atomic E-state index is -4.44. The molecule has 5 heterocycles. The fourth-order valence-electron chi connectivity index (χ4n) is 4.98. The number of halogens is 2. The number of nitrogens with zero attached hydrogens (tertiary/aromatic N) is 9. The first kappa shape index (κ1) is 29.5. The molecular weight excluding hydrogens is 594 g/mol. The highest BCUT2D eigenvalue weighted by atomic mass is 32.2. The van der Waals surface area contributed by atoms with Crippen molar-refractivity contribution in [3.05, 3.63) is 66.6 Å². The number of fused-ring (bicyclic) bond motifs is 1. The standard InChI is InChI=1S/C28H30F2N10O3S/c1-37-10-12-38(13-11-37)8-3-9-39-18-24(33-36-39)25-17-31-27-7-5-22(34-40(25)27)19-14-23(28(43-2)32-16-19)35-44(41,42)26-6-4-20(29)15-21(26)30/h4-7,14-18,35H,3,8-13H2,1-2H3. The normalized spacial score (nSPS) is 14.7. The highest BCUT2D eigenvalue weighted by Gasteiger charge is 2.23. The molecule has 0 aliphatic carbocycles. The molecule has 1 N–H and O–H groups in total. The smallest absolute Gasteiger partial charge is 0.264 e. The zero-order valence-electron chi connectivity index (χ0n) is 24.1. The van der Waals surface area contributed by atoms with Crippen LogP contribution in [0.4, 0.5) is 14.5 Å². The average Bonchev–Trinajstić information content (AvgIpc) is 3.64. The van der Waals surface area contributed by atoms with Gasteiger partial charge in [0.05, 0.1) is 25.2 Å². The first-order chi connectivity index (χ1) is 21.2. The fraction of sp³-hybridized carbons (Fsp3) is 0.321. The quantitative estimate of drug-likeness (QED) is 0.247. The SMILES string of the molecule is COc1ncc(-c2ccc3ncc(-c4cn(CCCN5CCN(C)CC5)nn4)n3n2)cc1NS(=O)(=O)c1ccc(F)cc1F. The Morgan fingerprint density at radius 2 is 1.80 bits per heavy atom. The molecular formula is C28H30F2N10O3S. The number of rotatable bonds is 10. The van der Waals surface area contributed by atoms with Gasteiger partial charge in [-0.3, -0.25) is 9.40 Å². The van der Waals surface area contributed by atoms with Crippen LogP contribution in [-0.4, -0.2) is 99.7 Å². The number of piperazine rings is 1. The van der Waals surface area contributed by atoms with Gasteiger partial charge in [-0.05, 0) is 43.8 Å². The van der Waals surface area contributed by atoms with Crippen molar-refractivity contribution in [2.45, 2.75) is 17.9 Å². The Labute approximate surface area is 252 Å². The Bertz CT molecular complexity index is 1900. The number of aryl methyl sites for hydroxylation is 1. The third-order valence-electron chi connectivity index (χ3n) is 7.39. The van der Waals surface area contributed by atoms with Gasteiger partial charge in [0.1, 0.15) is 33.6 Å². The summed E-state index contributed by atoms with van der Waals surface area (Å²) in [7, 11) is -0.983. The van der Waals surface area contributed by atoms with Crippen molar-refractivity contribution in [1.29, 1.82) is 0 Å². The van der Waals surface area contributed by atoms with Crippen molar-refractivity contribution in [1.82, 2.24) is 44.4 Å². The Morgan fingerprint density at radius 3 is 2.57 bits per heavy atom. The maximum absolute atomic E-state index is 14.3. The van der Waals surface area contributed by atoms with E-state index < -0.39 is 26.6 Å². The number of nitrogens with one attached hydrogen (secondary N) is 1. The number of imidazole rings is 1. The molecule has 1 aliphatic rings. The molecule has 1 saturated heterocycles. The average molecular weight is 625 g/mol. The van der Waals surface area contributed by atoms with Crippen molar-refractivity contribution in [3.8, 4) is 28.5 Å². The van der Waals surface area contributed by atoms with Gasteiger partial charge in [0, 0.05) is 57.1 Å². The summed E-state index contributed by atoms with van der Waals surface area (Å²) in [6.45, 7) is 6.02. The van der Waals surface area contributed by atoms with Crippen LogP contribution in [-0.2, 0) is 16.6 Å². The zero-order chi connectivity index (χ0) is 30.8. The largest absolute Gasteiger partial charge is 0.480 e. The number of methoxy groups -OCH3 is 1. The van der Waals surface area contributed by atoms with Crippen LogP contribution in [0, 0.1) is 11.6 Å². The van der Waals surface area contributed by atoms with E-state index in [0.717, 1.165) is 57.8 Å². The van der Waals surface area contributed by atoms with Crippen molar-refractivity contribution in [2.24, 2.45) is 0 Å². The maximum Gasteiger partial charge on any atom is 0.264 e. The summed E-state index contributed by atoms with van der Waals surface area (Å²) in [6, 6.07) is 7.13. The third-order valence-corrected chi connectivity index (χ3v) is 8.79. The van der Waals surface area contributed by atoms with Crippen LogP contribution in [0.2, 0.25) is 0 Å². The highest BCUT2D eigenvalue weighted by Crippen LogP contribution is 2.30. The lowest BCUT2D eigenvalue weighted by Gasteiger charge is -2.32. The third kappa shape index (κ3) is 6.22. The first-order valence-electron chi connectivity index (χ1n) is 13.9. The molecule has 0 unspecified atom stereocenters. The second-order valence-electron chi connectivity index (χ2n) is 10.5. The highest BCUT2D eigenvalue weighted by molar-refractivity contribution is 7.92. The Morgan fingerprint density at radius 1 is 0.977 bits per heavy atom. The van der Waals surface area contributed by atoms with Crippen molar-refractivity contribution >= 4 is 21.4 Å². The number of anilines is 1. The number of hydrogen-bond donors (Lipinski definition) is 1. The molecule has 0 radical (unpaired) electrons. The molecule has 16 heteroatoms. The minimum absolute atomic E-state index is 0.0477. The molecule has 0 atom stereocenters. The van der Waals surface area contributed by atoms with Gasteiger partial charge in [0.2, 0.25) is 5.88 Å². The van der Waals surface area contributed by atoms with E-state index in [1.54, 1.807) is 22.8 Å². The van der Waals surface area contributed by atoms with Crippen LogP contribution in [0.3, 0.4) is 0 Å². The second-order valence-corrected chi connectivity index (χ2v) is 12.1. The molecule has 1 aliphatic heterocycles. The van der Waals surface area contributed by atoms with Crippen molar-refractivity contribution in [3.63, 3.8) is 0 Å². The van der Waals surface area contributed by atoms with Crippen molar-refractivity contribution in [2.75, 3.05) is 51.6 Å². The molecule has 1 fully saturated rings. The molecule has 0 bridgehead atoms. The van der Waals surface area contributed by atoms with Crippen molar-refractivity contribution < 1.29 is 21.9 Å². The van der Waals surface area contributed by atoms with Crippen LogP contribution in [0.15, 0.2) is 59.9 Å². The molecule has 230 valence electrons. The molecule has 0 spiro atoms. The number of likely N-dealkylation sites (N-methyl/N-ethyl adjacent to an activating group) is 1. The summed E-state index contributed by atoms with van der Waals surface area (Å²) >= 11 is 0. The lowest BCUT2D eigenvalue weighted by molar-refractivity contribution is 0.151.